The summed E-state index contributed by atoms with van der Waals surface area (Å²) in [5.74, 6) is 0.705. The second-order valence-corrected chi connectivity index (χ2v) is 5.51. The molecule has 0 N–H and O–H groups in total. The summed E-state index contributed by atoms with van der Waals surface area (Å²) in [6, 6.07) is 0.717. The van der Waals surface area contributed by atoms with E-state index in [0.29, 0.717) is 11.8 Å². The number of hydrogen-bond acceptors (Lipinski definition) is 3. The molecule has 0 radical (unpaired) electrons. The molecule has 0 aromatic rings. The lowest BCUT2D eigenvalue weighted by atomic mass is 9.96. The van der Waals surface area contributed by atoms with Crippen LogP contribution in [-0.2, 0) is 4.79 Å². The van der Waals surface area contributed by atoms with Crippen LogP contribution < -0.4 is 0 Å². The zero-order chi connectivity index (χ0) is 11.5. The van der Waals surface area contributed by atoms with E-state index < -0.39 is 0 Å². The third-order valence-electron chi connectivity index (χ3n) is 4.15. The Balaban J connectivity index is 1.82. The van der Waals surface area contributed by atoms with E-state index in [1.807, 2.05) is 0 Å². The summed E-state index contributed by atoms with van der Waals surface area (Å²) in [6.45, 7) is 6.43. The molecule has 2 rings (SSSR count). The number of carbonyl (C=O) groups is 1. The van der Waals surface area contributed by atoms with Gasteiger partial charge in [0.05, 0.1) is 0 Å². The molecule has 2 aliphatic rings. The molecule has 0 spiro atoms. The van der Waals surface area contributed by atoms with Gasteiger partial charge < -0.3 is 9.80 Å². The van der Waals surface area contributed by atoms with Crippen molar-refractivity contribution >= 4 is 5.78 Å². The Labute approximate surface area is 98.8 Å². The molecule has 2 fully saturated rings. The van der Waals surface area contributed by atoms with Gasteiger partial charge in [0, 0.05) is 38.0 Å². The Morgan fingerprint density at radius 2 is 2.12 bits per heavy atom. The first-order valence-electron chi connectivity index (χ1n) is 6.62. The van der Waals surface area contributed by atoms with Crippen LogP contribution in [0, 0.1) is 5.92 Å². The Morgan fingerprint density at radius 1 is 1.31 bits per heavy atom. The largest absolute Gasteiger partial charge is 0.302 e. The van der Waals surface area contributed by atoms with Crippen LogP contribution in [0.15, 0.2) is 0 Å². The summed E-state index contributed by atoms with van der Waals surface area (Å²) >= 11 is 0. The molecular formula is C13H24N2O. The van der Waals surface area contributed by atoms with Crippen molar-refractivity contribution in [2.24, 2.45) is 5.92 Å². The van der Waals surface area contributed by atoms with Gasteiger partial charge >= 0.3 is 0 Å². The van der Waals surface area contributed by atoms with Gasteiger partial charge in [-0.3, -0.25) is 4.79 Å². The minimum Gasteiger partial charge on any atom is -0.302 e. The number of likely N-dealkylation sites (N-methyl/N-ethyl adjacent to an activating group) is 1. The number of Topliss-reactive ketones (excluding diaryl/α,β-unsaturated/α-hetero) is 1. The summed E-state index contributed by atoms with van der Waals surface area (Å²) < 4.78 is 0. The molecule has 92 valence electrons. The first-order valence-corrected chi connectivity index (χ1v) is 6.62. The molecule has 2 aliphatic heterocycles. The van der Waals surface area contributed by atoms with Crippen LogP contribution in [-0.4, -0.2) is 54.9 Å². The van der Waals surface area contributed by atoms with Crippen molar-refractivity contribution in [1.29, 1.82) is 0 Å². The fourth-order valence-electron chi connectivity index (χ4n) is 2.93. The van der Waals surface area contributed by atoms with Gasteiger partial charge in [-0.2, -0.15) is 0 Å². The number of carbonyl (C=O) groups excluding carboxylic acids is 1. The van der Waals surface area contributed by atoms with Crippen molar-refractivity contribution in [2.45, 2.75) is 38.6 Å². The first-order chi connectivity index (χ1) is 7.66. The molecule has 16 heavy (non-hydrogen) atoms. The molecule has 0 amide bonds. The minimum atomic E-state index is 0.252. The topological polar surface area (TPSA) is 23.6 Å². The first kappa shape index (κ1) is 12.1. The van der Waals surface area contributed by atoms with E-state index in [9.17, 15) is 4.79 Å². The predicted octanol–water partition coefficient (Wildman–Crippen LogP) is 1.38. The van der Waals surface area contributed by atoms with Crippen LogP contribution in [0.5, 0.6) is 0 Å². The summed E-state index contributed by atoms with van der Waals surface area (Å²) in [7, 11) is 2.24. The van der Waals surface area contributed by atoms with E-state index in [2.05, 4.69) is 23.8 Å². The maximum Gasteiger partial charge on any atom is 0.138 e. The highest BCUT2D eigenvalue weighted by molar-refractivity contribution is 5.81. The van der Waals surface area contributed by atoms with Gasteiger partial charge in [0.2, 0.25) is 0 Å². The number of nitrogens with zero attached hydrogens (tertiary/aromatic N) is 2. The maximum absolute atomic E-state index is 11.5. The monoisotopic (exact) mass is 224 g/mol. The molecule has 2 saturated heterocycles. The zero-order valence-electron chi connectivity index (χ0n) is 10.6. The number of ketones is 1. The van der Waals surface area contributed by atoms with Crippen molar-refractivity contribution in [2.75, 3.05) is 33.2 Å². The van der Waals surface area contributed by atoms with Gasteiger partial charge in [-0.05, 0) is 26.4 Å². The normalized spacial score (nSPS) is 34.2. The average Bonchev–Trinajstić information content (AvgIpc) is 2.27. The van der Waals surface area contributed by atoms with E-state index >= 15 is 0 Å². The quantitative estimate of drug-likeness (QED) is 0.708. The molecule has 2 atom stereocenters. The lowest BCUT2D eigenvalue weighted by Gasteiger charge is -2.38. The standard InChI is InChI=1S/C13H24N2O/c1-11-9-15(8-6-13(11)16)10-12-5-3-4-7-14(12)2/h11-12H,3-10H2,1-2H3. The van der Waals surface area contributed by atoms with Crippen LogP contribution in [0.1, 0.15) is 32.6 Å². The van der Waals surface area contributed by atoms with Crippen molar-refractivity contribution in [3.05, 3.63) is 0 Å². The third-order valence-corrected chi connectivity index (χ3v) is 4.15. The Kier molecular flexibility index (Phi) is 3.98. The Hall–Kier alpha value is -0.410. The molecule has 0 saturated carbocycles. The van der Waals surface area contributed by atoms with E-state index in [0.717, 1.165) is 26.1 Å². The number of piperidine rings is 2. The lowest BCUT2D eigenvalue weighted by molar-refractivity contribution is -0.125. The summed E-state index contributed by atoms with van der Waals surface area (Å²) in [6.07, 6.45) is 4.81. The lowest BCUT2D eigenvalue weighted by Crippen LogP contribution is -2.48. The number of rotatable bonds is 2. The molecule has 2 heterocycles. The molecule has 0 aliphatic carbocycles. The second kappa shape index (κ2) is 5.28. The predicted molar refractivity (Wildman–Crippen MR) is 65.5 cm³/mol. The summed E-state index contributed by atoms with van der Waals surface area (Å²) in [5, 5.41) is 0. The highest BCUT2D eigenvalue weighted by Gasteiger charge is 2.27. The van der Waals surface area contributed by atoms with Crippen LogP contribution in [0.25, 0.3) is 0 Å². The highest BCUT2D eigenvalue weighted by Crippen LogP contribution is 2.19. The van der Waals surface area contributed by atoms with Crippen LogP contribution in [0.4, 0.5) is 0 Å². The molecular weight excluding hydrogens is 200 g/mol. The second-order valence-electron chi connectivity index (χ2n) is 5.51. The van der Waals surface area contributed by atoms with Crippen LogP contribution >= 0.6 is 0 Å². The highest BCUT2D eigenvalue weighted by atomic mass is 16.1. The number of likely N-dealkylation sites (tertiary alicyclic amines) is 2. The minimum absolute atomic E-state index is 0.252. The molecule has 0 bridgehead atoms. The zero-order valence-corrected chi connectivity index (χ0v) is 10.6. The fourth-order valence-corrected chi connectivity index (χ4v) is 2.93. The van der Waals surface area contributed by atoms with Crippen molar-refractivity contribution in [1.82, 2.24) is 9.80 Å². The van der Waals surface area contributed by atoms with E-state index in [1.54, 1.807) is 0 Å². The van der Waals surface area contributed by atoms with E-state index in [-0.39, 0.29) is 5.92 Å². The van der Waals surface area contributed by atoms with E-state index in [4.69, 9.17) is 0 Å². The molecule has 0 aromatic carbocycles. The van der Waals surface area contributed by atoms with Crippen LogP contribution in [0.2, 0.25) is 0 Å². The SMILES string of the molecule is CC1CN(CC2CCCCN2C)CCC1=O. The molecule has 3 nitrogen and oxygen atoms in total. The van der Waals surface area contributed by atoms with Crippen LogP contribution in [0.3, 0.4) is 0 Å². The van der Waals surface area contributed by atoms with Crippen molar-refractivity contribution in [3.8, 4) is 0 Å². The Morgan fingerprint density at radius 3 is 2.81 bits per heavy atom. The van der Waals surface area contributed by atoms with Gasteiger partial charge in [0.15, 0.2) is 0 Å². The number of hydrogen-bond donors (Lipinski definition) is 0. The molecule has 0 aromatic heterocycles. The van der Waals surface area contributed by atoms with Crippen molar-refractivity contribution in [3.63, 3.8) is 0 Å². The summed E-state index contributed by atoms with van der Waals surface area (Å²) in [5.41, 5.74) is 0. The average molecular weight is 224 g/mol. The summed E-state index contributed by atoms with van der Waals surface area (Å²) in [4.78, 5) is 16.4. The van der Waals surface area contributed by atoms with E-state index in [1.165, 1.54) is 25.8 Å². The van der Waals surface area contributed by atoms with Crippen molar-refractivity contribution < 1.29 is 4.79 Å². The maximum atomic E-state index is 11.5. The Bertz CT molecular complexity index is 254. The molecule has 2 unspecified atom stereocenters. The smallest absolute Gasteiger partial charge is 0.138 e. The van der Waals surface area contributed by atoms with Gasteiger partial charge in [-0.15, -0.1) is 0 Å². The van der Waals surface area contributed by atoms with Gasteiger partial charge in [0.25, 0.3) is 0 Å². The molecule has 3 heteroatoms. The van der Waals surface area contributed by atoms with Gasteiger partial charge in [-0.1, -0.05) is 13.3 Å². The van der Waals surface area contributed by atoms with Gasteiger partial charge in [-0.25, -0.2) is 0 Å². The third kappa shape index (κ3) is 2.83. The van der Waals surface area contributed by atoms with Gasteiger partial charge in [0.1, 0.15) is 5.78 Å². The fraction of sp³-hybridized carbons (Fsp3) is 0.923.